The topological polar surface area (TPSA) is 61.9 Å². The minimum Gasteiger partial charge on any atom is -0.378 e. The summed E-state index contributed by atoms with van der Waals surface area (Å²) < 4.78 is 5.52. The molecule has 0 unspecified atom stereocenters. The number of fused-ring (bicyclic) bond motifs is 1. The molecule has 2 aliphatic heterocycles. The molecule has 5 rings (SSSR count). The Morgan fingerprint density at radius 3 is 2.53 bits per heavy atom. The highest BCUT2D eigenvalue weighted by Gasteiger charge is 2.24. The van der Waals surface area contributed by atoms with Gasteiger partial charge in [0, 0.05) is 43.5 Å². The van der Waals surface area contributed by atoms with Crippen molar-refractivity contribution in [2.75, 3.05) is 48.0 Å². The maximum absolute atomic E-state index is 13.2. The Morgan fingerprint density at radius 2 is 1.78 bits per heavy atom. The van der Waals surface area contributed by atoms with Crippen molar-refractivity contribution in [2.45, 2.75) is 13.3 Å². The molecule has 0 aliphatic carbocycles. The van der Waals surface area contributed by atoms with Crippen LogP contribution in [0.5, 0.6) is 0 Å². The standard InChI is InChI=1S/C25H25N3O3S/c1-17(29)28-10-9-19-15-20(7-8-22(19)28)26-24(30)23-16-21(18-5-3-2-4-6-18)25(32-23)27-11-13-31-14-12-27/h2-8,15-16H,9-14H2,1H3,(H,26,30). The molecular weight excluding hydrogens is 422 g/mol. The van der Waals surface area contributed by atoms with Crippen molar-refractivity contribution < 1.29 is 14.3 Å². The smallest absolute Gasteiger partial charge is 0.265 e. The van der Waals surface area contributed by atoms with E-state index >= 15 is 0 Å². The van der Waals surface area contributed by atoms with Crippen LogP contribution in [0.2, 0.25) is 0 Å². The highest BCUT2D eigenvalue weighted by atomic mass is 32.1. The van der Waals surface area contributed by atoms with Gasteiger partial charge in [0.15, 0.2) is 0 Å². The molecule has 0 spiro atoms. The highest BCUT2D eigenvalue weighted by molar-refractivity contribution is 7.18. The summed E-state index contributed by atoms with van der Waals surface area (Å²) in [7, 11) is 0. The van der Waals surface area contributed by atoms with Crippen molar-refractivity contribution in [3.05, 3.63) is 65.0 Å². The Morgan fingerprint density at radius 1 is 1.00 bits per heavy atom. The zero-order valence-electron chi connectivity index (χ0n) is 18.0. The number of carbonyl (C=O) groups excluding carboxylic acids is 2. The lowest BCUT2D eigenvalue weighted by molar-refractivity contribution is -0.116. The van der Waals surface area contributed by atoms with E-state index in [2.05, 4.69) is 22.3 Å². The van der Waals surface area contributed by atoms with Gasteiger partial charge in [-0.15, -0.1) is 11.3 Å². The number of hydrogen-bond acceptors (Lipinski definition) is 5. The van der Waals surface area contributed by atoms with Crippen LogP contribution < -0.4 is 15.1 Å². The van der Waals surface area contributed by atoms with E-state index in [9.17, 15) is 9.59 Å². The highest BCUT2D eigenvalue weighted by Crippen LogP contribution is 2.40. The molecule has 1 fully saturated rings. The number of anilines is 3. The largest absolute Gasteiger partial charge is 0.378 e. The third kappa shape index (κ3) is 4.01. The second kappa shape index (κ2) is 8.76. The van der Waals surface area contributed by atoms with Gasteiger partial charge in [0.05, 0.1) is 23.1 Å². The van der Waals surface area contributed by atoms with Gasteiger partial charge in [0.1, 0.15) is 0 Å². The maximum Gasteiger partial charge on any atom is 0.265 e. The first-order valence-electron chi connectivity index (χ1n) is 10.8. The number of thiophene rings is 1. The zero-order chi connectivity index (χ0) is 22.1. The third-order valence-corrected chi connectivity index (χ3v) is 7.13. The van der Waals surface area contributed by atoms with E-state index in [1.165, 1.54) is 11.3 Å². The lowest BCUT2D eigenvalue weighted by Gasteiger charge is -2.28. The molecule has 32 heavy (non-hydrogen) atoms. The molecule has 7 heteroatoms. The number of rotatable bonds is 4. The molecule has 6 nitrogen and oxygen atoms in total. The number of morpholine rings is 1. The molecule has 2 aliphatic rings. The lowest BCUT2D eigenvalue weighted by atomic mass is 10.1. The van der Waals surface area contributed by atoms with Crippen LogP contribution in [0, 0.1) is 0 Å². The minimum absolute atomic E-state index is 0.0446. The average Bonchev–Trinajstić information content (AvgIpc) is 3.45. The number of nitrogens with zero attached hydrogens (tertiary/aromatic N) is 2. The first-order valence-corrected chi connectivity index (χ1v) is 11.7. The fourth-order valence-corrected chi connectivity index (χ4v) is 5.45. The van der Waals surface area contributed by atoms with Gasteiger partial charge in [-0.25, -0.2) is 0 Å². The number of carbonyl (C=O) groups is 2. The molecule has 1 N–H and O–H groups in total. The molecule has 3 aromatic rings. The molecule has 1 aromatic heterocycles. The number of ether oxygens (including phenoxy) is 1. The van der Waals surface area contributed by atoms with Crippen LogP contribution in [0.3, 0.4) is 0 Å². The molecule has 2 aromatic carbocycles. The van der Waals surface area contributed by atoms with Gasteiger partial charge in [-0.3, -0.25) is 9.59 Å². The summed E-state index contributed by atoms with van der Waals surface area (Å²) in [5, 5.41) is 4.16. The van der Waals surface area contributed by atoms with E-state index in [0.717, 1.165) is 52.6 Å². The summed E-state index contributed by atoms with van der Waals surface area (Å²) >= 11 is 1.52. The summed E-state index contributed by atoms with van der Waals surface area (Å²) in [5.41, 5.74) is 4.96. The van der Waals surface area contributed by atoms with Gasteiger partial charge in [-0.05, 0) is 41.8 Å². The molecular formula is C25H25N3O3S. The summed E-state index contributed by atoms with van der Waals surface area (Å²) in [6.07, 6.45) is 0.803. The van der Waals surface area contributed by atoms with Crippen molar-refractivity contribution in [2.24, 2.45) is 0 Å². The quantitative estimate of drug-likeness (QED) is 0.644. The number of benzene rings is 2. The van der Waals surface area contributed by atoms with Crippen LogP contribution >= 0.6 is 11.3 Å². The van der Waals surface area contributed by atoms with E-state index in [1.54, 1.807) is 11.8 Å². The van der Waals surface area contributed by atoms with Crippen LogP contribution in [-0.2, 0) is 16.0 Å². The summed E-state index contributed by atoms with van der Waals surface area (Å²) in [6.45, 7) is 5.30. The monoisotopic (exact) mass is 447 g/mol. The van der Waals surface area contributed by atoms with Crippen LogP contribution in [-0.4, -0.2) is 44.7 Å². The summed E-state index contributed by atoms with van der Waals surface area (Å²) in [6, 6.07) is 17.9. The number of amides is 2. The van der Waals surface area contributed by atoms with Crippen molar-refractivity contribution in [1.82, 2.24) is 0 Å². The molecule has 2 amide bonds. The van der Waals surface area contributed by atoms with E-state index in [0.29, 0.717) is 24.6 Å². The molecule has 0 radical (unpaired) electrons. The Labute approximate surface area is 191 Å². The van der Waals surface area contributed by atoms with Gasteiger partial charge < -0.3 is 19.9 Å². The van der Waals surface area contributed by atoms with Crippen LogP contribution in [0.4, 0.5) is 16.4 Å². The molecule has 3 heterocycles. The van der Waals surface area contributed by atoms with Gasteiger partial charge in [-0.1, -0.05) is 30.3 Å². The second-order valence-electron chi connectivity index (χ2n) is 8.01. The Bertz CT molecular complexity index is 1150. The van der Waals surface area contributed by atoms with Crippen LogP contribution in [0.15, 0.2) is 54.6 Å². The Hall–Kier alpha value is -3.16. The van der Waals surface area contributed by atoms with Crippen molar-refractivity contribution in [3.8, 4) is 11.1 Å². The second-order valence-corrected chi connectivity index (χ2v) is 9.04. The zero-order valence-corrected chi connectivity index (χ0v) is 18.8. The van der Waals surface area contributed by atoms with Gasteiger partial charge in [0.25, 0.3) is 5.91 Å². The third-order valence-electron chi connectivity index (χ3n) is 5.93. The molecule has 0 saturated carbocycles. The average molecular weight is 448 g/mol. The minimum atomic E-state index is -0.118. The van der Waals surface area contributed by atoms with Gasteiger partial charge in [0.2, 0.25) is 5.91 Å². The predicted molar refractivity (Wildman–Crippen MR) is 129 cm³/mol. The van der Waals surface area contributed by atoms with Gasteiger partial charge in [-0.2, -0.15) is 0 Å². The fraction of sp³-hybridized carbons (Fsp3) is 0.280. The Balaban J connectivity index is 1.42. The first kappa shape index (κ1) is 20.7. The Kier molecular flexibility index (Phi) is 5.68. The molecule has 164 valence electrons. The molecule has 0 atom stereocenters. The summed E-state index contributed by atoms with van der Waals surface area (Å²) in [5.74, 6) is -0.0729. The maximum atomic E-state index is 13.2. The van der Waals surface area contributed by atoms with Crippen LogP contribution in [0.1, 0.15) is 22.2 Å². The fourth-order valence-electron chi connectivity index (χ4n) is 4.32. The SMILES string of the molecule is CC(=O)N1CCc2cc(NC(=O)c3cc(-c4ccccc4)c(N4CCOCC4)s3)ccc21. The molecule has 0 bridgehead atoms. The van der Waals surface area contributed by atoms with Crippen LogP contribution in [0.25, 0.3) is 11.1 Å². The van der Waals surface area contributed by atoms with Crippen molar-refractivity contribution in [3.63, 3.8) is 0 Å². The number of hydrogen-bond donors (Lipinski definition) is 1. The lowest BCUT2D eigenvalue weighted by Crippen LogP contribution is -2.35. The predicted octanol–water partition coefficient (Wildman–Crippen LogP) is 4.41. The van der Waals surface area contributed by atoms with E-state index < -0.39 is 0 Å². The van der Waals surface area contributed by atoms with E-state index in [-0.39, 0.29) is 11.8 Å². The summed E-state index contributed by atoms with van der Waals surface area (Å²) in [4.78, 5) is 29.7. The van der Waals surface area contributed by atoms with Crippen molar-refractivity contribution in [1.29, 1.82) is 0 Å². The number of nitrogens with one attached hydrogen (secondary N) is 1. The van der Waals surface area contributed by atoms with E-state index in [1.807, 2.05) is 42.5 Å². The normalized spacial score (nSPS) is 15.5. The first-order chi connectivity index (χ1) is 15.6. The van der Waals surface area contributed by atoms with Gasteiger partial charge >= 0.3 is 0 Å². The van der Waals surface area contributed by atoms with E-state index in [4.69, 9.17) is 4.74 Å². The van der Waals surface area contributed by atoms with Crippen molar-refractivity contribution >= 4 is 39.5 Å². The molecule has 1 saturated heterocycles.